The second kappa shape index (κ2) is 9.92. The molecule has 0 heterocycles. The lowest BCUT2D eigenvalue weighted by atomic mass is 9.81. The summed E-state index contributed by atoms with van der Waals surface area (Å²) >= 11 is 0. The van der Waals surface area contributed by atoms with Crippen LogP contribution >= 0.6 is 0 Å². The van der Waals surface area contributed by atoms with E-state index in [0.717, 1.165) is 16.7 Å². The molecule has 162 valence electrons. The van der Waals surface area contributed by atoms with Crippen LogP contribution in [0.15, 0.2) is 42.5 Å². The highest BCUT2D eigenvalue weighted by molar-refractivity contribution is 5.91. The van der Waals surface area contributed by atoms with Crippen LogP contribution in [0.5, 0.6) is 5.75 Å². The third-order valence-electron chi connectivity index (χ3n) is 5.03. The molecule has 30 heavy (non-hydrogen) atoms. The van der Waals surface area contributed by atoms with E-state index < -0.39 is 11.9 Å². The number of carbonyl (C=O) groups excluding carboxylic acids is 2. The Bertz CT molecular complexity index is 876. The molecule has 0 aliphatic heterocycles. The second-order valence-corrected chi connectivity index (χ2v) is 9.15. The number of carbonyl (C=O) groups is 2. The number of rotatable bonds is 7. The predicted octanol–water partition coefficient (Wildman–Crippen LogP) is 6.20. The summed E-state index contributed by atoms with van der Waals surface area (Å²) in [7, 11) is 0. The van der Waals surface area contributed by atoms with Crippen molar-refractivity contribution in [3.05, 3.63) is 64.7 Å². The minimum atomic E-state index is -0.496. The smallest absolute Gasteiger partial charge is 0.343 e. The zero-order valence-corrected chi connectivity index (χ0v) is 19.2. The number of esters is 2. The van der Waals surface area contributed by atoms with Crippen LogP contribution in [0.25, 0.3) is 0 Å². The Morgan fingerprint density at radius 3 is 2.20 bits per heavy atom. The molecule has 0 amide bonds. The molecule has 0 bridgehead atoms. The molecule has 4 nitrogen and oxygen atoms in total. The van der Waals surface area contributed by atoms with Crippen molar-refractivity contribution in [2.45, 2.75) is 66.2 Å². The number of hydrogen-bond donors (Lipinski definition) is 0. The molecule has 0 aliphatic carbocycles. The number of aryl methyl sites for hydroxylation is 1. The first-order valence-electron chi connectivity index (χ1n) is 10.6. The molecule has 0 spiro atoms. The van der Waals surface area contributed by atoms with Crippen LogP contribution in [0.1, 0.15) is 80.9 Å². The summed E-state index contributed by atoms with van der Waals surface area (Å²) in [5.74, 6) is -0.486. The molecule has 0 saturated heterocycles. The van der Waals surface area contributed by atoms with Crippen LogP contribution in [0.4, 0.5) is 0 Å². The van der Waals surface area contributed by atoms with Crippen LogP contribution in [-0.2, 0) is 14.9 Å². The molecule has 2 aromatic rings. The van der Waals surface area contributed by atoms with Gasteiger partial charge in [-0.2, -0.15) is 0 Å². The van der Waals surface area contributed by atoms with Gasteiger partial charge in [0.15, 0.2) is 0 Å². The van der Waals surface area contributed by atoms with Crippen molar-refractivity contribution in [2.24, 2.45) is 5.92 Å². The lowest BCUT2D eigenvalue weighted by Gasteiger charge is -2.26. The molecule has 1 atom stereocenters. The average molecular weight is 411 g/mol. The van der Waals surface area contributed by atoms with Gasteiger partial charge < -0.3 is 9.47 Å². The molecular formula is C26H34O4. The van der Waals surface area contributed by atoms with Crippen molar-refractivity contribution in [3.63, 3.8) is 0 Å². The third-order valence-corrected chi connectivity index (χ3v) is 5.03. The average Bonchev–Trinajstić information content (AvgIpc) is 2.67. The molecule has 0 aliphatic rings. The van der Waals surface area contributed by atoms with Gasteiger partial charge in [0.05, 0.1) is 18.1 Å². The summed E-state index contributed by atoms with van der Waals surface area (Å²) in [4.78, 5) is 25.7. The summed E-state index contributed by atoms with van der Waals surface area (Å²) < 4.78 is 11.3. The maximum absolute atomic E-state index is 12.9. The van der Waals surface area contributed by atoms with Gasteiger partial charge in [-0.05, 0) is 54.9 Å². The van der Waals surface area contributed by atoms with E-state index in [1.54, 1.807) is 31.2 Å². The highest BCUT2D eigenvalue weighted by Gasteiger charge is 2.30. The fourth-order valence-corrected chi connectivity index (χ4v) is 3.42. The van der Waals surface area contributed by atoms with E-state index in [4.69, 9.17) is 9.47 Å². The van der Waals surface area contributed by atoms with E-state index in [1.807, 2.05) is 25.1 Å². The minimum Gasteiger partial charge on any atom is -0.466 e. The molecule has 0 saturated carbocycles. The van der Waals surface area contributed by atoms with Crippen LogP contribution in [0, 0.1) is 12.8 Å². The molecule has 1 unspecified atom stereocenters. The van der Waals surface area contributed by atoms with Crippen molar-refractivity contribution >= 4 is 11.9 Å². The first-order valence-corrected chi connectivity index (χ1v) is 10.6. The van der Waals surface area contributed by atoms with Gasteiger partial charge in [-0.1, -0.05) is 65.0 Å². The Morgan fingerprint density at radius 2 is 1.67 bits per heavy atom. The summed E-state index contributed by atoms with van der Waals surface area (Å²) in [5.41, 5.74) is 3.00. The Kier molecular flexibility index (Phi) is 7.83. The largest absolute Gasteiger partial charge is 0.466 e. The van der Waals surface area contributed by atoms with Gasteiger partial charge in [0.1, 0.15) is 5.75 Å². The van der Waals surface area contributed by atoms with Gasteiger partial charge in [-0.3, -0.25) is 4.79 Å². The predicted molar refractivity (Wildman–Crippen MR) is 120 cm³/mol. The molecule has 0 fully saturated rings. The van der Waals surface area contributed by atoms with Crippen LogP contribution < -0.4 is 4.74 Å². The second-order valence-electron chi connectivity index (χ2n) is 9.15. The Morgan fingerprint density at radius 1 is 1.03 bits per heavy atom. The van der Waals surface area contributed by atoms with Crippen molar-refractivity contribution in [1.29, 1.82) is 0 Å². The summed E-state index contributed by atoms with van der Waals surface area (Å²) in [6.07, 6.45) is 0.613. The Balaban J connectivity index is 2.61. The van der Waals surface area contributed by atoms with E-state index in [2.05, 4.69) is 34.6 Å². The number of ether oxygens (including phenoxy) is 2. The fourth-order valence-electron chi connectivity index (χ4n) is 3.42. The van der Waals surface area contributed by atoms with E-state index in [0.29, 0.717) is 24.3 Å². The quantitative estimate of drug-likeness (QED) is 0.402. The molecule has 0 N–H and O–H groups in total. The third kappa shape index (κ3) is 5.94. The van der Waals surface area contributed by atoms with Gasteiger partial charge in [-0.25, -0.2) is 4.79 Å². The van der Waals surface area contributed by atoms with E-state index in [1.165, 1.54) is 0 Å². The minimum absolute atomic E-state index is 0.113. The molecule has 4 heteroatoms. The fraction of sp³-hybridized carbons (Fsp3) is 0.462. The number of hydrogen-bond acceptors (Lipinski definition) is 4. The van der Waals surface area contributed by atoms with E-state index in [-0.39, 0.29) is 17.3 Å². The lowest BCUT2D eigenvalue weighted by Crippen LogP contribution is -2.22. The maximum Gasteiger partial charge on any atom is 0.343 e. The highest BCUT2D eigenvalue weighted by Crippen LogP contribution is 2.39. The van der Waals surface area contributed by atoms with E-state index >= 15 is 0 Å². The number of benzene rings is 2. The van der Waals surface area contributed by atoms with Gasteiger partial charge in [0, 0.05) is 5.56 Å². The molecular weight excluding hydrogens is 376 g/mol. The molecule has 0 aromatic heterocycles. The van der Waals surface area contributed by atoms with Crippen molar-refractivity contribution in [1.82, 2.24) is 0 Å². The summed E-state index contributed by atoms with van der Waals surface area (Å²) in [5, 5.41) is 0. The zero-order chi connectivity index (χ0) is 22.5. The normalized spacial score (nSPS) is 12.5. The molecule has 2 aromatic carbocycles. The van der Waals surface area contributed by atoms with Crippen LogP contribution in [-0.4, -0.2) is 18.5 Å². The van der Waals surface area contributed by atoms with Crippen molar-refractivity contribution in [3.8, 4) is 5.75 Å². The van der Waals surface area contributed by atoms with Crippen molar-refractivity contribution < 1.29 is 19.1 Å². The topological polar surface area (TPSA) is 52.6 Å². The summed E-state index contributed by atoms with van der Waals surface area (Å²) in [6, 6.07) is 12.9. The lowest BCUT2D eigenvalue weighted by molar-refractivity contribution is -0.145. The highest BCUT2D eigenvalue weighted by atomic mass is 16.5. The Labute approximate surface area is 180 Å². The molecule has 0 radical (unpaired) electrons. The van der Waals surface area contributed by atoms with Crippen LogP contribution in [0.2, 0.25) is 0 Å². The SMILES string of the molecule is CCOC(=O)C(CC(C)C)c1cc(C(C)(C)C)cc(C)c1OC(=O)c1ccccc1. The van der Waals surface area contributed by atoms with E-state index in [9.17, 15) is 9.59 Å². The Hall–Kier alpha value is -2.62. The van der Waals surface area contributed by atoms with Crippen molar-refractivity contribution in [2.75, 3.05) is 6.61 Å². The first kappa shape index (κ1) is 23.7. The monoisotopic (exact) mass is 410 g/mol. The summed E-state index contributed by atoms with van der Waals surface area (Å²) in [6.45, 7) is 14.6. The first-order chi connectivity index (χ1) is 14.0. The maximum atomic E-state index is 12.9. The van der Waals surface area contributed by atoms with Crippen LogP contribution in [0.3, 0.4) is 0 Å². The van der Waals surface area contributed by atoms with Gasteiger partial charge in [0.25, 0.3) is 0 Å². The molecule has 2 rings (SSSR count). The van der Waals surface area contributed by atoms with Gasteiger partial charge in [-0.15, -0.1) is 0 Å². The standard InChI is InChI=1S/C26H34O4/c1-8-29-25(28)22(14-17(2)3)21-16-20(26(5,6)7)15-18(4)23(21)30-24(27)19-12-10-9-11-13-19/h9-13,15-17,22H,8,14H2,1-7H3. The van der Waals surface area contributed by atoms with Gasteiger partial charge in [0.2, 0.25) is 0 Å². The zero-order valence-electron chi connectivity index (χ0n) is 19.2. The van der Waals surface area contributed by atoms with Gasteiger partial charge >= 0.3 is 11.9 Å².